The van der Waals surface area contributed by atoms with Crippen molar-refractivity contribution in [2.24, 2.45) is 0 Å². The van der Waals surface area contributed by atoms with Crippen molar-refractivity contribution in [3.05, 3.63) is 70.2 Å². The first-order valence-electron chi connectivity index (χ1n) is 20.8. The number of methoxy groups -OCH3 is 2. The number of likely N-dealkylation sites (tertiary alicyclic amines) is 2. The normalized spacial score (nSPS) is 33.6. The molecular weight excluding hydrogens is 780 g/mol. The number of hydrogen-bond donors (Lipinski definition) is 2. The molecule has 16 nitrogen and oxygen atoms in total. The highest BCUT2D eigenvalue weighted by atomic mass is 16.7. The van der Waals surface area contributed by atoms with Gasteiger partial charge in [0.15, 0.2) is 35.2 Å². The number of carbonyl (C=O) groups is 2. The highest BCUT2D eigenvalue weighted by molar-refractivity contribution is 5.68. The van der Waals surface area contributed by atoms with Gasteiger partial charge in [0.2, 0.25) is 0 Å². The third-order valence-corrected chi connectivity index (χ3v) is 14.8. The number of rotatable bonds is 13. The lowest BCUT2D eigenvalue weighted by Gasteiger charge is -2.61. The molecule has 2 saturated heterocycles. The molecule has 0 amide bonds. The summed E-state index contributed by atoms with van der Waals surface area (Å²) in [5.74, 6) is 2.99. The van der Waals surface area contributed by atoms with Gasteiger partial charge in [0.05, 0.1) is 62.7 Å². The summed E-state index contributed by atoms with van der Waals surface area (Å²) in [6.45, 7) is 2.04. The summed E-state index contributed by atoms with van der Waals surface area (Å²) in [5, 5.41) is 24.7. The van der Waals surface area contributed by atoms with E-state index in [1.54, 1.807) is 26.4 Å². The summed E-state index contributed by atoms with van der Waals surface area (Å²) < 4.78 is 57.6. The summed E-state index contributed by atoms with van der Waals surface area (Å²) in [7, 11) is 7.26. The van der Waals surface area contributed by atoms with Crippen LogP contribution in [0.4, 0.5) is 9.59 Å². The van der Waals surface area contributed by atoms with Gasteiger partial charge in [-0.1, -0.05) is 12.1 Å². The average molecular weight is 833 g/mol. The molecule has 4 aliphatic carbocycles. The SMILES string of the molecule is COc1ccc2c3c1O[C@H]1C(OC(=O)OCCOCCOCCOC(=O)OC4=CC[C@@]5(O)[C@H]6Cc7ccc(OC)c8c7[C@@]5(CCN6C)[C@H]4O8)=CC[C@@]4(O)[C@@H](C2)N(C)CCC314. The van der Waals surface area contributed by atoms with Gasteiger partial charge in [-0.3, -0.25) is 0 Å². The van der Waals surface area contributed by atoms with Crippen LogP contribution in [-0.4, -0.2) is 149 Å². The Morgan fingerprint density at radius 1 is 0.667 bits per heavy atom. The molecule has 2 fully saturated rings. The van der Waals surface area contributed by atoms with Gasteiger partial charge < -0.3 is 67.4 Å². The van der Waals surface area contributed by atoms with Crippen molar-refractivity contribution in [1.82, 2.24) is 9.80 Å². The number of likely N-dealkylation sites (N-methyl/N-ethyl adjacent to an activating group) is 2. The van der Waals surface area contributed by atoms with Gasteiger partial charge in [-0.2, -0.15) is 0 Å². The smallest absolute Gasteiger partial charge is 0.493 e. The number of ether oxygens (including phenoxy) is 10. The summed E-state index contributed by atoms with van der Waals surface area (Å²) in [4.78, 5) is 30.2. The number of carbonyl (C=O) groups excluding carboxylic acids is 2. The van der Waals surface area contributed by atoms with E-state index in [-0.39, 0.29) is 51.7 Å². The average Bonchev–Trinajstić information content (AvgIpc) is 3.78. The van der Waals surface area contributed by atoms with E-state index in [0.717, 1.165) is 35.3 Å². The van der Waals surface area contributed by atoms with Gasteiger partial charge in [-0.25, -0.2) is 9.59 Å². The molecule has 322 valence electrons. The van der Waals surface area contributed by atoms with Crippen LogP contribution in [0.5, 0.6) is 23.0 Å². The molecule has 0 aromatic heterocycles. The maximum atomic E-state index is 12.9. The predicted octanol–water partition coefficient (Wildman–Crippen LogP) is 3.30. The first-order chi connectivity index (χ1) is 29.0. The monoisotopic (exact) mass is 832 g/mol. The van der Waals surface area contributed by atoms with Crippen molar-refractivity contribution in [3.63, 3.8) is 0 Å². The van der Waals surface area contributed by atoms with Gasteiger partial charge in [-0.05, 0) is 88.3 Å². The fraction of sp³-hybridized carbons (Fsp3) is 0.591. The zero-order valence-electron chi connectivity index (χ0n) is 34.4. The molecule has 0 saturated carbocycles. The number of hydrogen-bond acceptors (Lipinski definition) is 16. The number of piperidine rings is 2. The van der Waals surface area contributed by atoms with E-state index < -0.39 is 46.6 Å². The first-order valence-corrected chi connectivity index (χ1v) is 20.8. The van der Waals surface area contributed by atoms with E-state index in [2.05, 4.69) is 9.80 Å². The highest BCUT2D eigenvalue weighted by Gasteiger charge is 2.73. The summed E-state index contributed by atoms with van der Waals surface area (Å²) >= 11 is 0. The fourth-order valence-corrected chi connectivity index (χ4v) is 12.1. The lowest BCUT2D eigenvalue weighted by atomic mass is 9.50. The molecule has 60 heavy (non-hydrogen) atoms. The Bertz CT molecular complexity index is 2010. The molecule has 4 bridgehead atoms. The van der Waals surface area contributed by atoms with Crippen LogP contribution < -0.4 is 18.9 Å². The number of nitrogens with zero attached hydrogens (tertiary/aromatic N) is 2. The van der Waals surface area contributed by atoms with Crippen LogP contribution in [0.3, 0.4) is 0 Å². The maximum Gasteiger partial charge on any atom is 0.513 e. The molecule has 2 N–H and O–H groups in total. The Morgan fingerprint density at radius 2 is 1.08 bits per heavy atom. The zero-order valence-corrected chi connectivity index (χ0v) is 34.4. The largest absolute Gasteiger partial charge is 0.513 e. The number of aliphatic hydroxyl groups is 2. The van der Waals surface area contributed by atoms with Gasteiger partial charge in [0, 0.05) is 36.1 Å². The van der Waals surface area contributed by atoms with Crippen LogP contribution >= 0.6 is 0 Å². The lowest BCUT2D eigenvalue weighted by Crippen LogP contribution is -2.74. The molecule has 4 aliphatic heterocycles. The van der Waals surface area contributed by atoms with Gasteiger partial charge >= 0.3 is 12.3 Å². The molecule has 2 spiro atoms. The predicted molar refractivity (Wildman–Crippen MR) is 209 cm³/mol. The van der Waals surface area contributed by atoms with Gasteiger partial charge in [0.1, 0.15) is 24.7 Å². The van der Waals surface area contributed by atoms with Crippen molar-refractivity contribution in [2.45, 2.75) is 84.8 Å². The van der Waals surface area contributed by atoms with E-state index in [9.17, 15) is 19.8 Å². The standard InChI is InChI=1S/C44H52N2O14/c1-45-15-13-41-33-25-5-7-27(51-3)35(33)59-37(41)29(9-11-43(41,49)31(45)23-25)57-39(47)55-21-19-53-17-18-54-20-22-56-40(48)58-30-10-12-44(50)32-24-26-6-8-28(52-4)36-34(26)42(44,38(30)60-36)14-16-46(32)2/h5-10,31-32,37-38,49-50H,11-24H2,1-4H3/t31-,32-,37+,38+,41+,42?,43-,44-/m1/s1. The Kier molecular flexibility index (Phi) is 9.57. The minimum Gasteiger partial charge on any atom is -0.493 e. The van der Waals surface area contributed by atoms with Crippen molar-refractivity contribution < 1.29 is 67.2 Å². The minimum atomic E-state index is -1.11. The lowest BCUT2D eigenvalue weighted by molar-refractivity contribution is -0.164. The fourth-order valence-electron chi connectivity index (χ4n) is 12.1. The van der Waals surface area contributed by atoms with Crippen LogP contribution in [0.25, 0.3) is 0 Å². The van der Waals surface area contributed by atoms with Crippen LogP contribution in [0.15, 0.2) is 47.9 Å². The van der Waals surface area contributed by atoms with Gasteiger partial charge in [0.25, 0.3) is 0 Å². The van der Waals surface area contributed by atoms with Crippen LogP contribution in [-0.2, 0) is 52.1 Å². The third-order valence-electron chi connectivity index (χ3n) is 14.8. The molecule has 0 radical (unpaired) electrons. The van der Waals surface area contributed by atoms with E-state index in [0.29, 0.717) is 73.0 Å². The van der Waals surface area contributed by atoms with Crippen molar-refractivity contribution in [1.29, 1.82) is 0 Å². The van der Waals surface area contributed by atoms with Crippen molar-refractivity contribution in [3.8, 4) is 23.0 Å². The first kappa shape index (κ1) is 39.5. The van der Waals surface area contributed by atoms with Crippen molar-refractivity contribution >= 4 is 12.3 Å². The summed E-state index contributed by atoms with van der Waals surface area (Å²) in [6, 6.07) is 7.65. The Labute approximate surface area is 347 Å². The second-order valence-electron chi connectivity index (χ2n) is 17.2. The molecule has 8 atom stereocenters. The molecule has 1 unspecified atom stereocenters. The second-order valence-corrected chi connectivity index (χ2v) is 17.2. The molecule has 8 aliphatic rings. The summed E-state index contributed by atoms with van der Waals surface area (Å²) in [6.07, 6.45) is 3.53. The zero-order chi connectivity index (χ0) is 41.6. The van der Waals surface area contributed by atoms with Crippen LogP contribution in [0, 0.1) is 0 Å². The molecular formula is C44H52N2O14. The second kappa shape index (κ2) is 14.5. The Morgan fingerprint density at radius 3 is 1.50 bits per heavy atom. The maximum absolute atomic E-state index is 12.9. The van der Waals surface area contributed by atoms with Crippen LogP contribution in [0.1, 0.15) is 47.9 Å². The summed E-state index contributed by atoms with van der Waals surface area (Å²) in [5.41, 5.74) is 0.335. The van der Waals surface area contributed by atoms with Crippen LogP contribution in [0.2, 0.25) is 0 Å². The minimum absolute atomic E-state index is 0.0531. The number of benzene rings is 2. The van der Waals surface area contributed by atoms with Crippen molar-refractivity contribution in [2.75, 3.05) is 81.0 Å². The topological polar surface area (TPSA) is 173 Å². The highest BCUT2D eigenvalue weighted by Crippen LogP contribution is 2.67. The molecule has 16 heteroatoms. The third kappa shape index (κ3) is 5.43. The van der Waals surface area contributed by atoms with E-state index in [1.165, 1.54) is 0 Å². The molecule has 2 aromatic rings. The quantitative estimate of drug-likeness (QED) is 0.222. The van der Waals surface area contributed by atoms with E-state index in [1.807, 2.05) is 38.4 Å². The van der Waals surface area contributed by atoms with E-state index >= 15 is 0 Å². The molecule has 10 rings (SSSR count). The van der Waals surface area contributed by atoms with E-state index in [4.69, 9.17) is 47.4 Å². The molecule has 4 heterocycles. The Balaban J connectivity index is 0.663. The molecule has 2 aromatic carbocycles. The van der Waals surface area contributed by atoms with Gasteiger partial charge in [-0.15, -0.1) is 0 Å². The Hall–Kier alpha value is -4.58.